The Balaban J connectivity index is 1.05. The molecule has 0 bridgehead atoms. The van der Waals surface area contributed by atoms with Gasteiger partial charge < -0.3 is 0 Å². The van der Waals surface area contributed by atoms with E-state index in [9.17, 15) is 0 Å². The van der Waals surface area contributed by atoms with Crippen LogP contribution in [0.5, 0.6) is 0 Å². The summed E-state index contributed by atoms with van der Waals surface area (Å²) < 4.78 is 0. The fraction of sp³-hybridized carbons (Fsp3) is 0.107. The minimum Gasteiger partial charge on any atom is -0.228 e. The van der Waals surface area contributed by atoms with Gasteiger partial charge in [-0.3, -0.25) is 0 Å². The molecular formula is C56H42N2. The molecular weight excluding hydrogens is 701 g/mol. The van der Waals surface area contributed by atoms with Crippen molar-refractivity contribution in [3.05, 3.63) is 204 Å². The third kappa shape index (κ3) is 5.18. The normalized spacial score (nSPS) is 14.1. The first-order valence-corrected chi connectivity index (χ1v) is 20.3. The molecule has 0 unspecified atom stereocenters. The van der Waals surface area contributed by atoms with Gasteiger partial charge in [0.15, 0.2) is 5.82 Å². The minimum atomic E-state index is -0.0917. The van der Waals surface area contributed by atoms with E-state index in [1.807, 2.05) is 6.07 Å². The standard InChI is InChI=1S/C56H42N2/c1-55(2)46-25-13-12-22-44(46)53-43(24-15-27-48(53)55)41-20-10-11-21-42(41)51-34-50(57-54(58-51)37-16-6-5-7-17-37)36-30-28-35(29-31-36)40-23-14-26-47-52(40)45-32-38-18-8-9-19-39(38)33-49(45)56(47,3)4/h5-34H,1-4H3. The molecule has 0 spiro atoms. The summed E-state index contributed by atoms with van der Waals surface area (Å²) in [7, 11) is 0. The van der Waals surface area contributed by atoms with Crippen molar-refractivity contribution < 1.29 is 0 Å². The molecule has 0 amide bonds. The lowest BCUT2D eigenvalue weighted by molar-refractivity contribution is 0.660. The van der Waals surface area contributed by atoms with E-state index in [0.717, 1.165) is 28.1 Å². The summed E-state index contributed by atoms with van der Waals surface area (Å²) in [6.45, 7) is 9.40. The summed E-state index contributed by atoms with van der Waals surface area (Å²) in [5.74, 6) is 0.712. The van der Waals surface area contributed by atoms with Crippen molar-refractivity contribution in [3.8, 4) is 78.4 Å². The molecule has 1 heterocycles. The Morgan fingerprint density at radius 3 is 1.57 bits per heavy atom. The smallest absolute Gasteiger partial charge is 0.160 e. The second-order valence-corrected chi connectivity index (χ2v) is 16.9. The average Bonchev–Trinajstić information content (AvgIpc) is 3.65. The monoisotopic (exact) mass is 742 g/mol. The lowest BCUT2D eigenvalue weighted by atomic mass is 9.81. The zero-order valence-electron chi connectivity index (χ0n) is 33.2. The third-order valence-corrected chi connectivity index (χ3v) is 12.9. The first-order chi connectivity index (χ1) is 28.3. The topological polar surface area (TPSA) is 25.8 Å². The van der Waals surface area contributed by atoms with Crippen molar-refractivity contribution in [2.24, 2.45) is 0 Å². The van der Waals surface area contributed by atoms with Crippen molar-refractivity contribution in [3.63, 3.8) is 0 Å². The van der Waals surface area contributed by atoms with Gasteiger partial charge in [0.25, 0.3) is 0 Å². The van der Waals surface area contributed by atoms with Crippen LogP contribution in [0.3, 0.4) is 0 Å². The van der Waals surface area contributed by atoms with Crippen LogP contribution in [-0.2, 0) is 10.8 Å². The predicted octanol–water partition coefficient (Wildman–Crippen LogP) is 14.6. The number of hydrogen-bond acceptors (Lipinski definition) is 2. The highest BCUT2D eigenvalue weighted by Crippen LogP contribution is 2.54. The fourth-order valence-corrected chi connectivity index (χ4v) is 9.90. The maximum Gasteiger partial charge on any atom is 0.160 e. The van der Waals surface area contributed by atoms with E-state index < -0.39 is 0 Å². The SMILES string of the molecule is CC1(C)c2cc3ccccc3cc2-c2c(-c3ccc(-c4cc(-c5ccccc5-c5cccc6c5-c5ccccc5C6(C)C)nc(-c5ccccc5)n4)cc3)cccc21. The summed E-state index contributed by atoms with van der Waals surface area (Å²) in [4.78, 5) is 10.5. The summed E-state index contributed by atoms with van der Waals surface area (Å²) in [6.07, 6.45) is 0. The van der Waals surface area contributed by atoms with Gasteiger partial charge in [0.05, 0.1) is 11.4 Å². The quantitative estimate of drug-likeness (QED) is 0.175. The van der Waals surface area contributed by atoms with E-state index in [4.69, 9.17) is 9.97 Å². The summed E-state index contributed by atoms with van der Waals surface area (Å²) in [6, 6.07) is 66.2. The maximum atomic E-state index is 5.30. The largest absolute Gasteiger partial charge is 0.228 e. The van der Waals surface area contributed by atoms with E-state index in [-0.39, 0.29) is 10.8 Å². The van der Waals surface area contributed by atoms with Crippen molar-refractivity contribution in [1.29, 1.82) is 0 Å². The molecule has 0 saturated heterocycles. The zero-order valence-corrected chi connectivity index (χ0v) is 33.2. The van der Waals surface area contributed by atoms with Gasteiger partial charge in [-0.05, 0) is 95.7 Å². The first-order valence-electron chi connectivity index (χ1n) is 20.3. The maximum absolute atomic E-state index is 5.30. The lowest BCUT2D eigenvalue weighted by Gasteiger charge is -2.22. The third-order valence-electron chi connectivity index (χ3n) is 12.9. The first kappa shape index (κ1) is 34.4. The van der Waals surface area contributed by atoms with Gasteiger partial charge in [0, 0.05) is 27.5 Å². The van der Waals surface area contributed by atoms with Crippen LogP contribution < -0.4 is 0 Å². The van der Waals surface area contributed by atoms with Gasteiger partial charge in [-0.15, -0.1) is 0 Å². The molecule has 0 N–H and O–H groups in total. The molecule has 2 aliphatic carbocycles. The van der Waals surface area contributed by atoms with E-state index in [1.54, 1.807) is 0 Å². The number of nitrogens with zero attached hydrogens (tertiary/aromatic N) is 2. The lowest BCUT2D eigenvalue weighted by Crippen LogP contribution is -2.14. The van der Waals surface area contributed by atoms with Crippen LogP contribution in [0.15, 0.2) is 182 Å². The van der Waals surface area contributed by atoms with Gasteiger partial charge in [-0.1, -0.05) is 191 Å². The Morgan fingerprint density at radius 1 is 0.310 bits per heavy atom. The average molecular weight is 743 g/mol. The Bertz CT molecular complexity index is 3100. The Kier molecular flexibility index (Phi) is 7.59. The zero-order chi connectivity index (χ0) is 39.2. The predicted molar refractivity (Wildman–Crippen MR) is 242 cm³/mol. The molecule has 0 radical (unpaired) electrons. The number of fused-ring (bicyclic) bond motifs is 7. The van der Waals surface area contributed by atoms with Crippen LogP contribution in [0.1, 0.15) is 49.9 Å². The Hall–Kier alpha value is -6.90. The summed E-state index contributed by atoms with van der Waals surface area (Å²) in [5, 5.41) is 2.56. The minimum absolute atomic E-state index is 0.0839. The van der Waals surface area contributed by atoms with E-state index in [2.05, 4.69) is 204 Å². The van der Waals surface area contributed by atoms with Gasteiger partial charge in [-0.2, -0.15) is 0 Å². The molecule has 276 valence electrons. The van der Waals surface area contributed by atoms with Crippen LogP contribution in [0.4, 0.5) is 0 Å². The van der Waals surface area contributed by atoms with Gasteiger partial charge in [0.1, 0.15) is 0 Å². The molecule has 1 aromatic heterocycles. The van der Waals surface area contributed by atoms with Crippen LogP contribution in [-0.4, -0.2) is 9.97 Å². The van der Waals surface area contributed by atoms with Gasteiger partial charge in [0.2, 0.25) is 0 Å². The fourth-order valence-electron chi connectivity index (χ4n) is 9.90. The molecule has 0 fully saturated rings. The van der Waals surface area contributed by atoms with Crippen molar-refractivity contribution >= 4 is 10.8 Å². The Morgan fingerprint density at radius 2 is 0.828 bits per heavy atom. The Labute approximate surface area is 340 Å². The molecule has 0 aliphatic heterocycles. The van der Waals surface area contributed by atoms with Crippen LogP contribution >= 0.6 is 0 Å². The number of rotatable bonds is 5. The van der Waals surface area contributed by atoms with Crippen molar-refractivity contribution in [2.75, 3.05) is 0 Å². The van der Waals surface area contributed by atoms with Gasteiger partial charge >= 0.3 is 0 Å². The molecule has 0 saturated carbocycles. The molecule has 9 aromatic rings. The molecule has 2 aliphatic rings. The second kappa shape index (κ2) is 12.8. The van der Waals surface area contributed by atoms with Crippen LogP contribution in [0.2, 0.25) is 0 Å². The van der Waals surface area contributed by atoms with E-state index >= 15 is 0 Å². The van der Waals surface area contributed by atoms with E-state index in [1.165, 1.54) is 77.5 Å². The molecule has 8 aromatic carbocycles. The second-order valence-electron chi connectivity index (χ2n) is 16.9. The summed E-state index contributed by atoms with van der Waals surface area (Å²) in [5.41, 5.74) is 20.4. The highest BCUT2D eigenvalue weighted by atomic mass is 14.9. The van der Waals surface area contributed by atoms with Crippen LogP contribution in [0.25, 0.3) is 89.2 Å². The number of benzene rings is 8. The van der Waals surface area contributed by atoms with Crippen molar-refractivity contribution in [1.82, 2.24) is 9.97 Å². The number of aromatic nitrogens is 2. The van der Waals surface area contributed by atoms with Gasteiger partial charge in [-0.25, -0.2) is 9.97 Å². The van der Waals surface area contributed by atoms with E-state index in [0.29, 0.717) is 5.82 Å². The number of hydrogen-bond donors (Lipinski definition) is 0. The molecule has 11 rings (SSSR count). The summed E-state index contributed by atoms with van der Waals surface area (Å²) >= 11 is 0. The van der Waals surface area contributed by atoms with Crippen molar-refractivity contribution in [2.45, 2.75) is 38.5 Å². The highest BCUT2D eigenvalue weighted by Gasteiger charge is 2.38. The molecule has 0 atom stereocenters. The molecule has 58 heavy (non-hydrogen) atoms. The van der Waals surface area contributed by atoms with Crippen LogP contribution in [0, 0.1) is 0 Å². The molecule has 2 nitrogen and oxygen atoms in total. The highest BCUT2D eigenvalue weighted by molar-refractivity contribution is 5.99. The molecule has 2 heteroatoms.